The van der Waals surface area contributed by atoms with Crippen molar-refractivity contribution in [3.63, 3.8) is 0 Å². The molecule has 0 aliphatic heterocycles. The van der Waals surface area contributed by atoms with Crippen LogP contribution in [0.1, 0.15) is 45.0 Å². The van der Waals surface area contributed by atoms with Crippen LogP contribution in [-0.4, -0.2) is 30.0 Å². The summed E-state index contributed by atoms with van der Waals surface area (Å²) in [6.45, 7) is 10.7. The lowest BCUT2D eigenvalue weighted by atomic mass is 10.1. The summed E-state index contributed by atoms with van der Waals surface area (Å²) in [5.74, 6) is 0.749. The first kappa shape index (κ1) is 16.1. The molecule has 108 valence electrons. The molecule has 1 rings (SSSR count). The molecule has 0 saturated heterocycles. The average molecular weight is 263 g/mol. The van der Waals surface area contributed by atoms with E-state index in [0.717, 1.165) is 44.2 Å². The van der Waals surface area contributed by atoms with Crippen molar-refractivity contribution in [2.75, 3.05) is 20.1 Å². The fourth-order valence-corrected chi connectivity index (χ4v) is 2.11. The highest BCUT2D eigenvalue weighted by atomic mass is 15.1. The van der Waals surface area contributed by atoms with Crippen molar-refractivity contribution in [3.8, 4) is 0 Å². The lowest BCUT2D eigenvalue weighted by Gasteiger charge is -2.20. The summed E-state index contributed by atoms with van der Waals surface area (Å²) in [6, 6.07) is 6.33. The SMILES string of the molecule is CCCNCc1cccc(CN(C)CC(C)CC)n1. The maximum absolute atomic E-state index is 4.71. The van der Waals surface area contributed by atoms with E-state index >= 15 is 0 Å². The monoisotopic (exact) mass is 263 g/mol. The summed E-state index contributed by atoms with van der Waals surface area (Å²) in [4.78, 5) is 7.07. The molecule has 0 aromatic carbocycles. The van der Waals surface area contributed by atoms with Gasteiger partial charge in [-0.25, -0.2) is 0 Å². The molecule has 3 nitrogen and oxygen atoms in total. The summed E-state index contributed by atoms with van der Waals surface area (Å²) in [5.41, 5.74) is 2.31. The van der Waals surface area contributed by atoms with Gasteiger partial charge in [-0.15, -0.1) is 0 Å². The van der Waals surface area contributed by atoms with Crippen molar-refractivity contribution in [1.29, 1.82) is 0 Å². The van der Waals surface area contributed by atoms with Gasteiger partial charge in [0, 0.05) is 19.6 Å². The summed E-state index contributed by atoms with van der Waals surface area (Å²) >= 11 is 0. The van der Waals surface area contributed by atoms with Gasteiger partial charge < -0.3 is 10.2 Å². The molecule has 0 aliphatic rings. The number of rotatable bonds is 9. The third-order valence-corrected chi connectivity index (χ3v) is 3.35. The van der Waals surface area contributed by atoms with E-state index < -0.39 is 0 Å². The Balaban J connectivity index is 2.47. The van der Waals surface area contributed by atoms with Crippen molar-refractivity contribution >= 4 is 0 Å². The molecule has 0 bridgehead atoms. The van der Waals surface area contributed by atoms with E-state index in [9.17, 15) is 0 Å². The van der Waals surface area contributed by atoms with Gasteiger partial charge in [-0.3, -0.25) is 4.98 Å². The van der Waals surface area contributed by atoms with E-state index in [4.69, 9.17) is 4.98 Å². The molecule has 0 radical (unpaired) electrons. The Bertz CT molecular complexity index is 352. The zero-order valence-corrected chi connectivity index (χ0v) is 12.9. The van der Waals surface area contributed by atoms with Crippen LogP contribution in [0, 0.1) is 5.92 Å². The molecule has 19 heavy (non-hydrogen) atoms. The van der Waals surface area contributed by atoms with E-state index in [2.05, 4.69) is 56.2 Å². The molecule has 0 amide bonds. The van der Waals surface area contributed by atoms with Crippen LogP contribution >= 0.6 is 0 Å². The Kier molecular flexibility index (Phi) is 7.68. The van der Waals surface area contributed by atoms with Crippen LogP contribution in [-0.2, 0) is 13.1 Å². The average Bonchev–Trinajstić information content (AvgIpc) is 2.39. The topological polar surface area (TPSA) is 28.2 Å². The minimum atomic E-state index is 0.749. The molecular weight excluding hydrogens is 234 g/mol. The van der Waals surface area contributed by atoms with Gasteiger partial charge in [0.05, 0.1) is 11.4 Å². The molecule has 0 fully saturated rings. The molecule has 0 aliphatic carbocycles. The number of nitrogens with zero attached hydrogens (tertiary/aromatic N) is 2. The third-order valence-electron chi connectivity index (χ3n) is 3.35. The van der Waals surface area contributed by atoms with Crippen LogP contribution in [0.15, 0.2) is 18.2 Å². The Labute approximate surface area is 118 Å². The van der Waals surface area contributed by atoms with Crippen LogP contribution < -0.4 is 5.32 Å². The highest BCUT2D eigenvalue weighted by Crippen LogP contribution is 2.07. The lowest BCUT2D eigenvalue weighted by Crippen LogP contribution is -2.24. The van der Waals surface area contributed by atoms with E-state index in [1.54, 1.807) is 0 Å². The first-order valence-electron chi connectivity index (χ1n) is 7.49. The lowest BCUT2D eigenvalue weighted by molar-refractivity contribution is 0.272. The molecule has 3 heteroatoms. The zero-order valence-electron chi connectivity index (χ0n) is 12.9. The molecular formula is C16H29N3. The van der Waals surface area contributed by atoms with Gasteiger partial charge in [0.15, 0.2) is 0 Å². The van der Waals surface area contributed by atoms with Crippen LogP contribution in [0.5, 0.6) is 0 Å². The van der Waals surface area contributed by atoms with E-state index in [0.29, 0.717) is 0 Å². The second-order valence-corrected chi connectivity index (χ2v) is 5.51. The quantitative estimate of drug-likeness (QED) is 0.694. The third kappa shape index (κ3) is 6.69. The predicted molar refractivity (Wildman–Crippen MR) is 82.0 cm³/mol. The fourth-order valence-electron chi connectivity index (χ4n) is 2.11. The number of hydrogen-bond donors (Lipinski definition) is 1. The minimum absolute atomic E-state index is 0.749. The van der Waals surface area contributed by atoms with Gasteiger partial charge in [-0.1, -0.05) is 33.3 Å². The van der Waals surface area contributed by atoms with Crippen LogP contribution in [0.4, 0.5) is 0 Å². The van der Waals surface area contributed by atoms with Gasteiger partial charge in [0.2, 0.25) is 0 Å². The number of nitrogens with one attached hydrogen (secondary N) is 1. The fraction of sp³-hybridized carbons (Fsp3) is 0.688. The Morgan fingerprint density at radius 1 is 1.26 bits per heavy atom. The van der Waals surface area contributed by atoms with E-state index in [1.165, 1.54) is 12.1 Å². The van der Waals surface area contributed by atoms with Crippen LogP contribution in [0.3, 0.4) is 0 Å². The molecule has 1 N–H and O–H groups in total. The summed E-state index contributed by atoms with van der Waals surface area (Å²) < 4.78 is 0. The van der Waals surface area contributed by atoms with Gasteiger partial charge in [-0.2, -0.15) is 0 Å². The van der Waals surface area contributed by atoms with Gasteiger partial charge in [-0.05, 0) is 38.1 Å². The predicted octanol–water partition coefficient (Wildman–Crippen LogP) is 3.06. The van der Waals surface area contributed by atoms with Crippen molar-refractivity contribution in [2.45, 2.75) is 46.7 Å². The highest BCUT2D eigenvalue weighted by Gasteiger charge is 2.06. The normalized spacial score (nSPS) is 12.9. The van der Waals surface area contributed by atoms with Crippen LogP contribution in [0.2, 0.25) is 0 Å². The van der Waals surface area contributed by atoms with Crippen molar-refractivity contribution in [3.05, 3.63) is 29.6 Å². The molecule has 1 aromatic rings. The van der Waals surface area contributed by atoms with E-state index in [-0.39, 0.29) is 0 Å². The Hall–Kier alpha value is -0.930. The van der Waals surface area contributed by atoms with Crippen LogP contribution in [0.25, 0.3) is 0 Å². The van der Waals surface area contributed by atoms with Crippen molar-refractivity contribution in [1.82, 2.24) is 15.2 Å². The molecule has 0 spiro atoms. The van der Waals surface area contributed by atoms with E-state index in [1.807, 2.05) is 0 Å². The molecule has 1 heterocycles. The first-order chi connectivity index (χ1) is 9.15. The smallest absolute Gasteiger partial charge is 0.0547 e. The van der Waals surface area contributed by atoms with Gasteiger partial charge >= 0.3 is 0 Å². The highest BCUT2D eigenvalue weighted by molar-refractivity contribution is 5.11. The number of pyridine rings is 1. The maximum Gasteiger partial charge on any atom is 0.0547 e. The molecule has 1 aromatic heterocycles. The number of aromatic nitrogens is 1. The molecule has 1 unspecified atom stereocenters. The Morgan fingerprint density at radius 2 is 2.00 bits per heavy atom. The molecule has 0 saturated carbocycles. The van der Waals surface area contributed by atoms with Gasteiger partial charge in [0.25, 0.3) is 0 Å². The summed E-state index contributed by atoms with van der Waals surface area (Å²) in [7, 11) is 2.18. The second kappa shape index (κ2) is 9.05. The number of hydrogen-bond acceptors (Lipinski definition) is 3. The minimum Gasteiger partial charge on any atom is -0.311 e. The van der Waals surface area contributed by atoms with Crippen molar-refractivity contribution < 1.29 is 0 Å². The molecule has 1 atom stereocenters. The summed E-state index contributed by atoms with van der Waals surface area (Å²) in [6.07, 6.45) is 2.40. The second-order valence-electron chi connectivity index (χ2n) is 5.51. The van der Waals surface area contributed by atoms with Crippen molar-refractivity contribution in [2.24, 2.45) is 5.92 Å². The van der Waals surface area contributed by atoms with Gasteiger partial charge in [0.1, 0.15) is 0 Å². The first-order valence-corrected chi connectivity index (χ1v) is 7.49. The summed E-state index contributed by atoms with van der Waals surface area (Å²) in [5, 5.41) is 3.40. The largest absolute Gasteiger partial charge is 0.311 e. The maximum atomic E-state index is 4.71. The standard InChI is InChI=1S/C16H29N3/c1-5-10-17-11-15-8-7-9-16(18-15)13-19(4)12-14(3)6-2/h7-9,14,17H,5-6,10-13H2,1-4H3. The zero-order chi connectivity index (χ0) is 14.1. The Morgan fingerprint density at radius 3 is 2.68 bits per heavy atom.